The molecule has 0 fully saturated rings. The highest BCUT2D eigenvalue weighted by Gasteiger charge is 2.27. The fourth-order valence-electron chi connectivity index (χ4n) is 3.21. The molecule has 2 aromatic rings. The Morgan fingerprint density at radius 3 is 2.65 bits per heavy atom. The Morgan fingerprint density at radius 1 is 1.13 bits per heavy atom. The first-order valence-electron chi connectivity index (χ1n) is 10.3. The highest BCUT2D eigenvalue weighted by molar-refractivity contribution is 5.99. The number of carbonyl (C=O) groups is 3. The largest absolute Gasteiger partial charge is 0.491 e. The van der Waals surface area contributed by atoms with E-state index in [0.717, 1.165) is 5.56 Å². The summed E-state index contributed by atoms with van der Waals surface area (Å²) in [5, 5.41) is 0. The molecule has 31 heavy (non-hydrogen) atoms. The summed E-state index contributed by atoms with van der Waals surface area (Å²) in [5.41, 5.74) is 4.08. The molecule has 1 aliphatic heterocycles. The van der Waals surface area contributed by atoms with Crippen LogP contribution >= 0.6 is 0 Å². The van der Waals surface area contributed by atoms with Crippen molar-refractivity contribution >= 4 is 23.5 Å². The summed E-state index contributed by atoms with van der Waals surface area (Å²) < 4.78 is 10.7. The second kappa shape index (κ2) is 11.1. The van der Waals surface area contributed by atoms with E-state index in [-0.39, 0.29) is 32.1 Å². The predicted octanol–water partition coefficient (Wildman–Crippen LogP) is 2.41. The normalized spacial score (nSPS) is 14.1. The van der Waals surface area contributed by atoms with Gasteiger partial charge >= 0.3 is 11.9 Å². The Bertz CT molecular complexity index is 902. The van der Waals surface area contributed by atoms with Crippen molar-refractivity contribution in [2.24, 2.45) is 0 Å². The molecule has 0 aromatic heterocycles. The lowest BCUT2D eigenvalue weighted by Gasteiger charge is -2.22. The lowest BCUT2D eigenvalue weighted by molar-refractivity contribution is -0.159. The molecule has 164 valence electrons. The second-order valence-electron chi connectivity index (χ2n) is 6.97. The van der Waals surface area contributed by atoms with E-state index in [1.165, 1.54) is 4.90 Å². The number of fused-ring (bicyclic) bond motifs is 1. The number of nitrogens with zero attached hydrogens (tertiary/aromatic N) is 1. The van der Waals surface area contributed by atoms with E-state index in [9.17, 15) is 14.4 Å². The Balaban J connectivity index is 1.60. The summed E-state index contributed by atoms with van der Waals surface area (Å²) in [5.74, 6) is -0.913. The van der Waals surface area contributed by atoms with Crippen molar-refractivity contribution in [3.05, 3.63) is 60.2 Å². The van der Waals surface area contributed by atoms with Crippen molar-refractivity contribution in [2.45, 2.75) is 32.2 Å². The lowest BCUT2D eigenvalue weighted by Crippen LogP contribution is -2.43. The van der Waals surface area contributed by atoms with Crippen LogP contribution in [-0.2, 0) is 30.4 Å². The van der Waals surface area contributed by atoms with Crippen LogP contribution in [0.4, 0.5) is 5.69 Å². The summed E-state index contributed by atoms with van der Waals surface area (Å²) in [6, 6.07) is 15.9. The number of nitrogens with one attached hydrogen (secondary N) is 1. The third-order valence-electron chi connectivity index (χ3n) is 4.77. The van der Waals surface area contributed by atoms with Gasteiger partial charge in [-0.1, -0.05) is 42.5 Å². The zero-order valence-corrected chi connectivity index (χ0v) is 17.4. The van der Waals surface area contributed by atoms with E-state index in [1.807, 2.05) is 30.3 Å². The molecule has 1 amide bonds. The molecule has 0 saturated carbocycles. The first-order valence-corrected chi connectivity index (χ1v) is 10.3. The maximum Gasteiger partial charge on any atom is 0.344 e. The summed E-state index contributed by atoms with van der Waals surface area (Å²) >= 11 is 0. The van der Waals surface area contributed by atoms with Gasteiger partial charge in [0.15, 0.2) is 0 Å². The van der Waals surface area contributed by atoms with Crippen LogP contribution in [0.5, 0.6) is 5.75 Å². The molecule has 8 nitrogen and oxygen atoms in total. The second-order valence-corrected chi connectivity index (χ2v) is 6.97. The van der Waals surface area contributed by atoms with Gasteiger partial charge in [-0.15, -0.1) is 5.48 Å². The van der Waals surface area contributed by atoms with Crippen LogP contribution in [0, 0.1) is 0 Å². The van der Waals surface area contributed by atoms with Crippen LogP contribution < -0.4 is 15.1 Å². The number of rotatable bonds is 9. The molecule has 0 saturated heterocycles. The van der Waals surface area contributed by atoms with Gasteiger partial charge < -0.3 is 14.3 Å². The van der Waals surface area contributed by atoms with Gasteiger partial charge in [-0.2, -0.15) is 0 Å². The van der Waals surface area contributed by atoms with Crippen molar-refractivity contribution in [2.75, 3.05) is 24.7 Å². The zero-order valence-electron chi connectivity index (χ0n) is 17.4. The van der Waals surface area contributed by atoms with Crippen molar-refractivity contribution in [3.63, 3.8) is 0 Å². The molecule has 0 bridgehead atoms. The van der Waals surface area contributed by atoms with Gasteiger partial charge in [0.2, 0.25) is 5.91 Å². The van der Waals surface area contributed by atoms with E-state index >= 15 is 0 Å². The van der Waals surface area contributed by atoms with Gasteiger partial charge in [0, 0.05) is 0 Å². The number of amides is 1. The number of ether oxygens (including phenoxy) is 2. The van der Waals surface area contributed by atoms with Gasteiger partial charge in [0.1, 0.15) is 18.3 Å². The van der Waals surface area contributed by atoms with Crippen molar-refractivity contribution in [3.8, 4) is 5.75 Å². The van der Waals surface area contributed by atoms with Crippen molar-refractivity contribution in [1.29, 1.82) is 0 Å². The van der Waals surface area contributed by atoms with Crippen molar-refractivity contribution in [1.82, 2.24) is 5.48 Å². The number of esters is 1. The summed E-state index contributed by atoms with van der Waals surface area (Å²) in [6.07, 6.45) is 1.14. The Kier molecular flexibility index (Phi) is 8.00. The minimum atomic E-state index is -0.820. The minimum Gasteiger partial charge on any atom is -0.491 e. The topological polar surface area (TPSA) is 94.2 Å². The fourth-order valence-corrected chi connectivity index (χ4v) is 3.21. The number of para-hydroxylation sites is 2. The summed E-state index contributed by atoms with van der Waals surface area (Å²) in [7, 11) is 0. The monoisotopic (exact) mass is 426 g/mol. The fraction of sp³-hybridized carbons (Fsp3) is 0.348. The summed E-state index contributed by atoms with van der Waals surface area (Å²) in [6.45, 7) is 1.86. The van der Waals surface area contributed by atoms with Gasteiger partial charge in [-0.3, -0.25) is 14.5 Å². The van der Waals surface area contributed by atoms with Gasteiger partial charge in [-0.05, 0) is 37.5 Å². The van der Waals surface area contributed by atoms with Gasteiger partial charge in [0.05, 0.1) is 25.3 Å². The van der Waals surface area contributed by atoms with Crippen molar-refractivity contribution < 1.29 is 28.7 Å². The number of carbonyl (C=O) groups excluding carboxylic acids is 3. The molecular formula is C23H26N2O6. The van der Waals surface area contributed by atoms with Gasteiger partial charge in [-0.25, -0.2) is 4.79 Å². The number of anilines is 1. The molecule has 1 aliphatic rings. The number of hydroxylamine groups is 1. The van der Waals surface area contributed by atoms with Crippen LogP contribution in [0.25, 0.3) is 0 Å². The average Bonchev–Trinajstić information content (AvgIpc) is 2.93. The third-order valence-corrected chi connectivity index (χ3v) is 4.77. The highest BCUT2D eigenvalue weighted by atomic mass is 16.7. The minimum absolute atomic E-state index is 0.151. The highest BCUT2D eigenvalue weighted by Crippen LogP contribution is 2.30. The lowest BCUT2D eigenvalue weighted by atomic mass is 10.1. The van der Waals surface area contributed by atoms with E-state index in [2.05, 4.69) is 5.48 Å². The molecule has 0 radical (unpaired) electrons. The molecule has 8 heteroatoms. The molecule has 2 aromatic carbocycles. The molecule has 0 spiro atoms. The van der Waals surface area contributed by atoms with Gasteiger partial charge in [0.25, 0.3) is 0 Å². The average molecular weight is 426 g/mol. The SMILES string of the molecule is CCOC(=O)[C@@H](CCc1ccccc1)NOC(=O)CN1C(=O)CCOc2ccccc21. The molecule has 3 rings (SSSR count). The number of hydrogen-bond donors (Lipinski definition) is 1. The smallest absolute Gasteiger partial charge is 0.344 e. The van der Waals surface area contributed by atoms with Crippen LogP contribution in [-0.4, -0.2) is 43.6 Å². The quantitative estimate of drug-likeness (QED) is 0.486. The molecule has 1 heterocycles. The van der Waals surface area contributed by atoms with Crippen LogP contribution in [0.1, 0.15) is 25.3 Å². The first kappa shape index (κ1) is 22.3. The number of benzene rings is 2. The Labute approximate surface area is 181 Å². The first-order chi connectivity index (χ1) is 15.1. The summed E-state index contributed by atoms with van der Waals surface area (Å²) in [4.78, 5) is 43.7. The standard InChI is InChI=1S/C23H26N2O6/c1-2-29-23(28)18(13-12-17-8-4-3-5-9-17)24-31-22(27)16-25-19-10-6-7-11-20(19)30-15-14-21(25)26/h3-11,18,24H,2,12-16H2,1H3/t18-/m1/s1. The van der Waals surface area contributed by atoms with Crippen LogP contribution in [0.15, 0.2) is 54.6 Å². The molecular weight excluding hydrogens is 400 g/mol. The van der Waals surface area contributed by atoms with E-state index in [4.69, 9.17) is 14.3 Å². The zero-order chi connectivity index (χ0) is 22.1. The van der Waals surface area contributed by atoms with E-state index < -0.39 is 18.0 Å². The number of aryl methyl sites for hydroxylation is 1. The maximum absolute atomic E-state index is 12.5. The van der Waals surface area contributed by atoms with E-state index in [0.29, 0.717) is 24.3 Å². The predicted molar refractivity (Wildman–Crippen MR) is 113 cm³/mol. The molecule has 0 unspecified atom stereocenters. The van der Waals surface area contributed by atoms with Crippen LogP contribution in [0.2, 0.25) is 0 Å². The molecule has 1 N–H and O–H groups in total. The van der Waals surface area contributed by atoms with E-state index in [1.54, 1.807) is 31.2 Å². The molecule has 0 aliphatic carbocycles. The third kappa shape index (κ3) is 6.29. The number of hydrogen-bond acceptors (Lipinski definition) is 7. The molecule has 1 atom stereocenters. The maximum atomic E-state index is 12.5. The Hall–Kier alpha value is -3.39. The van der Waals surface area contributed by atoms with Crippen LogP contribution in [0.3, 0.4) is 0 Å². The Morgan fingerprint density at radius 2 is 1.87 bits per heavy atom.